The Bertz CT molecular complexity index is 746. The first kappa shape index (κ1) is 15.1. The second-order valence-corrected chi connectivity index (χ2v) is 8.68. The van der Waals surface area contributed by atoms with Gasteiger partial charge in [-0.15, -0.1) is 0 Å². The summed E-state index contributed by atoms with van der Waals surface area (Å²) in [5.74, 6) is 0.619. The topological polar surface area (TPSA) is 53.2 Å². The molecule has 0 aliphatic carbocycles. The van der Waals surface area contributed by atoms with E-state index in [9.17, 15) is 8.42 Å². The number of piperidine rings is 1. The van der Waals surface area contributed by atoms with Crippen molar-refractivity contribution < 1.29 is 8.42 Å². The monoisotopic (exact) mass is 370 g/mol. The molecule has 0 spiro atoms. The van der Waals surface area contributed by atoms with Crippen molar-refractivity contribution >= 4 is 36.9 Å². The van der Waals surface area contributed by atoms with Crippen molar-refractivity contribution in [3.8, 4) is 0 Å². The molecule has 3 rings (SSSR count). The zero-order valence-electron chi connectivity index (χ0n) is 12.0. The van der Waals surface area contributed by atoms with E-state index in [4.69, 9.17) is 0 Å². The minimum atomic E-state index is -3.04. The largest absolute Gasteiger partial charge is 0.361 e. The van der Waals surface area contributed by atoms with Crippen molar-refractivity contribution in [3.63, 3.8) is 0 Å². The van der Waals surface area contributed by atoms with Gasteiger partial charge in [0.2, 0.25) is 10.0 Å². The van der Waals surface area contributed by atoms with Gasteiger partial charge in [-0.3, -0.25) is 0 Å². The maximum absolute atomic E-state index is 11.9. The van der Waals surface area contributed by atoms with Crippen LogP contribution in [0.15, 0.2) is 28.9 Å². The van der Waals surface area contributed by atoms with Gasteiger partial charge >= 0.3 is 0 Å². The van der Waals surface area contributed by atoms with E-state index in [0.29, 0.717) is 19.0 Å². The number of aromatic amines is 1. The minimum Gasteiger partial charge on any atom is -0.361 e. The summed E-state index contributed by atoms with van der Waals surface area (Å²) in [4.78, 5) is 3.31. The fraction of sp³-hybridized carbons (Fsp3) is 0.467. The summed E-state index contributed by atoms with van der Waals surface area (Å²) in [7, 11) is -3.04. The number of aromatic nitrogens is 1. The summed E-state index contributed by atoms with van der Waals surface area (Å²) < 4.78 is 26.5. The van der Waals surface area contributed by atoms with E-state index in [2.05, 4.69) is 39.2 Å². The number of fused-ring (bicyclic) bond motifs is 1. The van der Waals surface area contributed by atoms with Gasteiger partial charge in [-0.25, -0.2) is 12.7 Å². The lowest BCUT2D eigenvalue weighted by atomic mass is 9.90. The Morgan fingerprint density at radius 1 is 1.33 bits per heavy atom. The predicted molar refractivity (Wildman–Crippen MR) is 89.0 cm³/mol. The second kappa shape index (κ2) is 5.74. The third-order valence-corrected chi connectivity index (χ3v) is 6.70. The van der Waals surface area contributed by atoms with Crippen LogP contribution in [0.1, 0.15) is 31.2 Å². The molecule has 0 radical (unpaired) electrons. The van der Waals surface area contributed by atoms with Crippen molar-refractivity contribution in [3.05, 3.63) is 34.4 Å². The zero-order chi connectivity index (χ0) is 15.0. The van der Waals surface area contributed by atoms with Crippen molar-refractivity contribution in [1.82, 2.24) is 9.29 Å². The van der Waals surface area contributed by atoms with Crippen molar-refractivity contribution in [2.75, 3.05) is 18.8 Å². The van der Waals surface area contributed by atoms with E-state index in [1.54, 1.807) is 11.2 Å². The molecule has 0 bridgehead atoms. The van der Waals surface area contributed by atoms with Gasteiger partial charge in [0, 0.05) is 34.7 Å². The molecule has 1 aliphatic heterocycles. The van der Waals surface area contributed by atoms with Crippen LogP contribution < -0.4 is 0 Å². The molecule has 1 fully saturated rings. The van der Waals surface area contributed by atoms with Gasteiger partial charge in [-0.2, -0.15) is 0 Å². The molecule has 1 aliphatic rings. The first-order valence-electron chi connectivity index (χ1n) is 7.25. The van der Waals surface area contributed by atoms with E-state index < -0.39 is 10.0 Å². The molecule has 114 valence electrons. The number of rotatable bonds is 3. The maximum atomic E-state index is 11.9. The summed E-state index contributed by atoms with van der Waals surface area (Å²) in [5.41, 5.74) is 2.44. The Balaban J connectivity index is 1.81. The van der Waals surface area contributed by atoms with Crippen LogP contribution >= 0.6 is 15.9 Å². The number of H-pyrrole nitrogens is 1. The fourth-order valence-electron chi connectivity index (χ4n) is 3.08. The summed E-state index contributed by atoms with van der Waals surface area (Å²) in [5, 5.41) is 1.24. The molecule has 4 nitrogen and oxygen atoms in total. The van der Waals surface area contributed by atoms with Crippen molar-refractivity contribution in [1.29, 1.82) is 0 Å². The van der Waals surface area contributed by atoms with Crippen LogP contribution in [-0.4, -0.2) is 36.5 Å². The third-order valence-electron chi connectivity index (χ3n) is 4.33. The first-order valence-corrected chi connectivity index (χ1v) is 9.66. The molecule has 1 saturated heterocycles. The van der Waals surface area contributed by atoms with Gasteiger partial charge in [0.05, 0.1) is 5.75 Å². The summed E-state index contributed by atoms with van der Waals surface area (Å²) >= 11 is 3.52. The van der Waals surface area contributed by atoms with Gasteiger partial charge < -0.3 is 4.98 Å². The average Bonchev–Trinajstić information content (AvgIpc) is 2.90. The van der Waals surface area contributed by atoms with E-state index >= 15 is 0 Å². The molecule has 0 amide bonds. The molecule has 0 atom stereocenters. The SMILES string of the molecule is CCS(=O)(=O)N1CCC(c2c[nH]c3ccc(Br)cc23)CC1. The first-order chi connectivity index (χ1) is 10.0. The highest BCUT2D eigenvalue weighted by Crippen LogP contribution is 2.34. The van der Waals surface area contributed by atoms with Crippen LogP contribution in [0.25, 0.3) is 10.9 Å². The molecular weight excluding hydrogens is 352 g/mol. The number of hydrogen-bond donors (Lipinski definition) is 1. The molecule has 2 aromatic rings. The van der Waals surface area contributed by atoms with Crippen LogP contribution in [0.2, 0.25) is 0 Å². The van der Waals surface area contributed by atoms with Crippen molar-refractivity contribution in [2.45, 2.75) is 25.7 Å². The Morgan fingerprint density at radius 3 is 2.71 bits per heavy atom. The number of hydrogen-bond acceptors (Lipinski definition) is 2. The zero-order valence-corrected chi connectivity index (χ0v) is 14.4. The molecule has 6 heteroatoms. The Hall–Kier alpha value is -0.850. The normalized spacial score (nSPS) is 18.4. The fourth-order valence-corrected chi connectivity index (χ4v) is 4.57. The molecule has 2 heterocycles. The van der Waals surface area contributed by atoms with Crippen LogP contribution in [-0.2, 0) is 10.0 Å². The standard InChI is InChI=1S/C15H19BrN2O2S/c1-2-21(19,20)18-7-5-11(6-8-18)14-10-17-15-4-3-12(16)9-13(14)15/h3-4,9-11,17H,2,5-8H2,1H3. The summed E-state index contributed by atoms with van der Waals surface area (Å²) in [6.07, 6.45) is 3.85. The average molecular weight is 371 g/mol. The highest BCUT2D eigenvalue weighted by molar-refractivity contribution is 9.10. The number of benzene rings is 1. The number of sulfonamides is 1. The quantitative estimate of drug-likeness (QED) is 0.899. The summed E-state index contributed by atoms with van der Waals surface area (Å²) in [6.45, 7) is 2.96. The van der Waals surface area contributed by atoms with Gasteiger partial charge in [-0.05, 0) is 49.4 Å². The molecule has 0 unspecified atom stereocenters. The number of nitrogens with one attached hydrogen (secondary N) is 1. The number of halogens is 1. The Kier molecular flexibility index (Phi) is 4.12. The number of nitrogens with zero attached hydrogens (tertiary/aromatic N) is 1. The van der Waals surface area contributed by atoms with E-state index in [1.165, 1.54) is 10.9 Å². The summed E-state index contributed by atoms with van der Waals surface area (Å²) in [6, 6.07) is 6.23. The predicted octanol–water partition coefficient (Wildman–Crippen LogP) is 3.46. The molecule has 1 aromatic heterocycles. The minimum absolute atomic E-state index is 0.192. The van der Waals surface area contributed by atoms with Crippen molar-refractivity contribution in [2.24, 2.45) is 0 Å². The van der Waals surface area contributed by atoms with E-state index in [-0.39, 0.29) is 5.75 Å². The molecule has 1 aromatic carbocycles. The van der Waals surface area contributed by atoms with E-state index in [0.717, 1.165) is 22.8 Å². The van der Waals surface area contributed by atoms with E-state index in [1.807, 2.05) is 6.07 Å². The highest BCUT2D eigenvalue weighted by atomic mass is 79.9. The lowest BCUT2D eigenvalue weighted by Crippen LogP contribution is -2.38. The third kappa shape index (κ3) is 2.89. The van der Waals surface area contributed by atoms with Crippen LogP contribution in [0.5, 0.6) is 0 Å². The molecule has 0 saturated carbocycles. The van der Waals surface area contributed by atoms with Gasteiger partial charge in [-0.1, -0.05) is 15.9 Å². The maximum Gasteiger partial charge on any atom is 0.213 e. The Morgan fingerprint density at radius 2 is 2.05 bits per heavy atom. The Labute approximate surface area is 133 Å². The molecule has 1 N–H and O–H groups in total. The molecule has 21 heavy (non-hydrogen) atoms. The van der Waals surface area contributed by atoms with Crippen LogP contribution in [0.3, 0.4) is 0 Å². The smallest absolute Gasteiger partial charge is 0.213 e. The second-order valence-electron chi connectivity index (χ2n) is 5.51. The van der Waals surface area contributed by atoms with Crippen LogP contribution in [0, 0.1) is 0 Å². The lowest BCUT2D eigenvalue weighted by Gasteiger charge is -2.30. The van der Waals surface area contributed by atoms with Gasteiger partial charge in [0.1, 0.15) is 0 Å². The van der Waals surface area contributed by atoms with Crippen LogP contribution in [0.4, 0.5) is 0 Å². The highest BCUT2D eigenvalue weighted by Gasteiger charge is 2.28. The van der Waals surface area contributed by atoms with Gasteiger partial charge in [0.15, 0.2) is 0 Å². The van der Waals surface area contributed by atoms with Gasteiger partial charge in [0.25, 0.3) is 0 Å². The lowest BCUT2D eigenvalue weighted by molar-refractivity contribution is 0.321. The molecular formula is C15H19BrN2O2S.